The molecule has 3 aromatic rings. The van der Waals surface area contributed by atoms with E-state index in [4.69, 9.17) is 5.11 Å². The summed E-state index contributed by atoms with van der Waals surface area (Å²) in [5.41, 5.74) is 4.05. The van der Waals surface area contributed by atoms with Crippen LogP contribution in [0.3, 0.4) is 0 Å². The number of nitrogens with one attached hydrogen (secondary N) is 1. The van der Waals surface area contributed by atoms with Crippen molar-refractivity contribution >= 4 is 11.6 Å². The van der Waals surface area contributed by atoms with Crippen molar-refractivity contribution in [1.82, 2.24) is 14.8 Å². The molecular weight excluding hydrogens is 343 g/mol. The summed E-state index contributed by atoms with van der Waals surface area (Å²) < 4.78 is 15.2. The summed E-state index contributed by atoms with van der Waals surface area (Å²) >= 11 is 0. The molecule has 1 aliphatic heterocycles. The predicted molar refractivity (Wildman–Crippen MR) is 103 cm³/mol. The van der Waals surface area contributed by atoms with Gasteiger partial charge in [-0.1, -0.05) is 29.8 Å². The number of aliphatic hydroxyl groups is 1. The molecule has 5 nitrogen and oxygen atoms in total. The number of aryl methyl sites for hydroxylation is 2. The second-order valence-corrected chi connectivity index (χ2v) is 6.69. The smallest absolute Gasteiger partial charge is 0.226 e. The Hall–Kier alpha value is -2.99. The lowest BCUT2D eigenvalue weighted by atomic mass is 10.0. The number of hydrogen-bond acceptors (Lipinski definition) is 4. The lowest BCUT2D eigenvalue weighted by Gasteiger charge is -2.24. The van der Waals surface area contributed by atoms with Crippen LogP contribution in [0.25, 0.3) is 5.70 Å². The van der Waals surface area contributed by atoms with E-state index in [0.29, 0.717) is 24.6 Å². The Labute approximate surface area is 157 Å². The molecule has 0 unspecified atom stereocenters. The summed E-state index contributed by atoms with van der Waals surface area (Å²) in [6.07, 6.45) is 3.32. The molecular formula is C21H21FN4O. The Bertz CT molecular complexity index is 961. The van der Waals surface area contributed by atoms with Crippen LogP contribution in [-0.4, -0.2) is 26.5 Å². The third-order valence-electron chi connectivity index (χ3n) is 4.64. The van der Waals surface area contributed by atoms with Crippen LogP contribution in [0.4, 0.5) is 10.3 Å². The second-order valence-electron chi connectivity index (χ2n) is 6.69. The number of anilines is 1. The SMILES string of the molecule is Cc1ccc([C@H]2C=C(c3ccc(F)cc3)Nc3nc(CCCO)nn32)cc1. The van der Waals surface area contributed by atoms with Crippen molar-refractivity contribution in [3.63, 3.8) is 0 Å². The van der Waals surface area contributed by atoms with Gasteiger partial charge in [-0.15, -0.1) is 0 Å². The highest BCUT2D eigenvalue weighted by atomic mass is 19.1. The summed E-state index contributed by atoms with van der Waals surface area (Å²) in [6, 6.07) is 14.6. The van der Waals surface area contributed by atoms with Crippen molar-refractivity contribution < 1.29 is 9.50 Å². The molecule has 1 aliphatic rings. The molecule has 2 heterocycles. The van der Waals surface area contributed by atoms with Crippen molar-refractivity contribution in [3.05, 3.63) is 82.9 Å². The zero-order valence-electron chi connectivity index (χ0n) is 15.1. The van der Waals surface area contributed by atoms with Crippen molar-refractivity contribution in [2.45, 2.75) is 25.8 Å². The molecule has 0 amide bonds. The number of halogens is 1. The van der Waals surface area contributed by atoms with Crippen LogP contribution < -0.4 is 5.32 Å². The van der Waals surface area contributed by atoms with Gasteiger partial charge in [0.1, 0.15) is 11.9 Å². The molecule has 0 radical (unpaired) electrons. The number of rotatable bonds is 5. The Morgan fingerprint density at radius 1 is 1.11 bits per heavy atom. The van der Waals surface area contributed by atoms with E-state index in [-0.39, 0.29) is 18.5 Å². The quantitative estimate of drug-likeness (QED) is 0.725. The van der Waals surface area contributed by atoms with Gasteiger partial charge in [-0.25, -0.2) is 9.07 Å². The van der Waals surface area contributed by atoms with Crippen LogP contribution in [-0.2, 0) is 6.42 Å². The van der Waals surface area contributed by atoms with Gasteiger partial charge in [0.2, 0.25) is 5.95 Å². The number of allylic oxidation sites excluding steroid dienone is 1. The molecule has 0 spiro atoms. The van der Waals surface area contributed by atoms with E-state index in [1.165, 1.54) is 17.7 Å². The maximum atomic E-state index is 13.3. The summed E-state index contributed by atoms with van der Waals surface area (Å²) in [4.78, 5) is 4.59. The topological polar surface area (TPSA) is 63.0 Å². The first-order chi connectivity index (χ1) is 13.1. The fourth-order valence-corrected chi connectivity index (χ4v) is 3.18. The van der Waals surface area contributed by atoms with E-state index >= 15 is 0 Å². The van der Waals surface area contributed by atoms with Gasteiger partial charge in [0.15, 0.2) is 5.82 Å². The van der Waals surface area contributed by atoms with Gasteiger partial charge >= 0.3 is 0 Å². The first-order valence-electron chi connectivity index (χ1n) is 9.01. The normalized spacial score (nSPS) is 15.8. The monoisotopic (exact) mass is 364 g/mol. The summed E-state index contributed by atoms with van der Waals surface area (Å²) in [5, 5.41) is 17.0. The number of hydrogen-bond donors (Lipinski definition) is 2. The van der Waals surface area contributed by atoms with Crippen LogP contribution in [0.2, 0.25) is 0 Å². The van der Waals surface area contributed by atoms with E-state index in [1.807, 2.05) is 4.68 Å². The summed E-state index contributed by atoms with van der Waals surface area (Å²) in [6.45, 7) is 2.16. The molecule has 4 rings (SSSR count). The minimum atomic E-state index is -0.264. The Morgan fingerprint density at radius 2 is 1.85 bits per heavy atom. The first-order valence-corrected chi connectivity index (χ1v) is 9.01. The summed E-state index contributed by atoms with van der Waals surface area (Å²) in [7, 11) is 0. The highest BCUT2D eigenvalue weighted by Gasteiger charge is 2.25. The van der Waals surface area contributed by atoms with Crippen LogP contribution in [0.1, 0.15) is 35.0 Å². The van der Waals surface area contributed by atoms with E-state index in [9.17, 15) is 4.39 Å². The third kappa shape index (κ3) is 3.61. The van der Waals surface area contributed by atoms with Gasteiger partial charge in [0, 0.05) is 18.7 Å². The second kappa shape index (κ2) is 7.32. The van der Waals surface area contributed by atoms with Crippen LogP contribution >= 0.6 is 0 Å². The van der Waals surface area contributed by atoms with E-state index in [1.54, 1.807) is 12.1 Å². The molecule has 1 atom stereocenters. The zero-order chi connectivity index (χ0) is 18.8. The van der Waals surface area contributed by atoms with Crippen molar-refractivity contribution in [2.24, 2.45) is 0 Å². The van der Waals surface area contributed by atoms with Gasteiger partial charge in [0.25, 0.3) is 0 Å². The van der Waals surface area contributed by atoms with Crippen LogP contribution in [0.5, 0.6) is 0 Å². The van der Waals surface area contributed by atoms with E-state index in [2.05, 4.69) is 52.7 Å². The number of aliphatic hydroxyl groups excluding tert-OH is 1. The molecule has 27 heavy (non-hydrogen) atoms. The first kappa shape index (κ1) is 17.4. The number of benzene rings is 2. The average molecular weight is 364 g/mol. The van der Waals surface area contributed by atoms with Crippen molar-refractivity contribution in [3.8, 4) is 0 Å². The molecule has 0 aliphatic carbocycles. The van der Waals surface area contributed by atoms with Crippen molar-refractivity contribution in [1.29, 1.82) is 0 Å². The van der Waals surface area contributed by atoms with E-state index < -0.39 is 0 Å². The minimum Gasteiger partial charge on any atom is -0.396 e. The number of aromatic nitrogens is 3. The summed E-state index contributed by atoms with van der Waals surface area (Å²) in [5.74, 6) is 1.08. The Balaban J connectivity index is 1.76. The van der Waals surface area contributed by atoms with Crippen LogP contribution in [0.15, 0.2) is 54.6 Å². The third-order valence-corrected chi connectivity index (χ3v) is 4.64. The largest absolute Gasteiger partial charge is 0.396 e. The highest BCUT2D eigenvalue weighted by molar-refractivity contribution is 5.77. The fourth-order valence-electron chi connectivity index (χ4n) is 3.18. The lowest BCUT2D eigenvalue weighted by Crippen LogP contribution is -2.20. The van der Waals surface area contributed by atoms with Crippen LogP contribution in [0, 0.1) is 12.7 Å². The molecule has 138 valence electrons. The average Bonchev–Trinajstić information content (AvgIpc) is 3.10. The zero-order valence-corrected chi connectivity index (χ0v) is 15.1. The van der Waals surface area contributed by atoms with Gasteiger partial charge < -0.3 is 10.4 Å². The van der Waals surface area contributed by atoms with Gasteiger partial charge in [-0.3, -0.25) is 0 Å². The maximum absolute atomic E-state index is 13.3. The highest BCUT2D eigenvalue weighted by Crippen LogP contribution is 2.32. The fraction of sp³-hybridized carbons (Fsp3) is 0.238. The maximum Gasteiger partial charge on any atom is 0.226 e. The Morgan fingerprint density at radius 3 is 2.56 bits per heavy atom. The molecule has 2 aromatic carbocycles. The molecule has 1 aromatic heterocycles. The molecule has 2 N–H and O–H groups in total. The van der Waals surface area contributed by atoms with Gasteiger partial charge in [-0.2, -0.15) is 10.1 Å². The molecule has 0 saturated heterocycles. The molecule has 0 saturated carbocycles. The van der Waals surface area contributed by atoms with E-state index in [0.717, 1.165) is 16.8 Å². The number of fused-ring (bicyclic) bond motifs is 1. The molecule has 0 fully saturated rings. The molecule has 0 bridgehead atoms. The minimum absolute atomic E-state index is 0.109. The Kier molecular flexibility index (Phi) is 4.73. The van der Waals surface area contributed by atoms with Crippen molar-refractivity contribution in [2.75, 3.05) is 11.9 Å². The van der Waals surface area contributed by atoms with Gasteiger partial charge in [0.05, 0.1) is 0 Å². The van der Waals surface area contributed by atoms with Gasteiger partial charge in [-0.05, 0) is 54.8 Å². The predicted octanol–water partition coefficient (Wildman–Crippen LogP) is 3.71. The standard InChI is InChI=1S/C21H21FN4O/c1-14-4-6-16(7-5-14)19-13-18(15-8-10-17(22)11-9-15)23-21-24-20(3-2-12-27)25-26(19)21/h4-11,13,19,27H,2-3,12H2,1H3,(H,23,24,25)/t19-/m1/s1. The number of nitrogens with zero attached hydrogens (tertiary/aromatic N) is 3. The molecule has 6 heteroatoms. The lowest BCUT2D eigenvalue weighted by molar-refractivity contribution is 0.287.